The third-order valence-corrected chi connectivity index (χ3v) is 3.27. The van der Waals surface area contributed by atoms with Crippen molar-refractivity contribution in [3.8, 4) is 0 Å². The molecule has 0 amide bonds. The van der Waals surface area contributed by atoms with Crippen molar-refractivity contribution in [1.29, 1.82) is 0 Å². The highest BCUT2D eigenvalue weighted by Gasteiger charge is 2.05. The second kappa shape index (κ2) is 6.84. The van der Waals surface area contributed by atoms with Crippen LogP contribution >= 0.6 is 0 Å². The van der Waals surface area contributed by atoms with Gasteiger partial charge in [-0.15, -0.1) is 0 Å². The van der Waals surface area contributed by atoms with Crippen LogP contribution < -0.4 is 10.3 Å². The second-order valence-corrected chi connectivity index (χ2v) is 6.72. The van der Waals surface area contributed by atoms with Gasteiger partial charge in [0, 0.05) is 23.5 Å². The quantitative estimate of drug-likeness (QED) is 0.433. The summed E-state index contributed by atoms with van der Waals surface area (Å²) < 4.78 is 33.7. The van der Waals surface area contributed by atoms with E-state index < -0.39 is 10.1 Å². The number of nitrogen functional groups attached to an aromatic ring is 1. The maximum atomic E-state index is 9.08. The fourth-order valence-corrected chi connectivity index (χ4v) is 2.30. The zero-order valence-corrected chi connectivity index (χ0v) is 13.9. The van der Waals surface area contributed by atoms with E-state index in [1.807, 2.05) is 29.9 Å². The maximum Gasteiger partial charge on any atom is 0.243 e. The van der Waals surface area contributed by atoms with Crippen LogP contribution in [0.2, 0.25) is 0 Å². The average Bonchev–Trinajstić information content (AvgIpc) is 3.02. The van der Waals surface area contributed by atoms with Gasteiger partial charge in [0.2, 0.25) is 6.33 Å². The number of aromatic nitrogens is 3. The Labute approximate surface area is 135 Å². The van der Waals surface area contributed by atoms with Crippen LogP contribution in [0.1, 0.15) is 0 Å². The molecule has 2 aromatic heterocycles. The largest absolute Gasteiger partial charge is 0.748 e. The lowest BCUT2D eigenvalue weighted by Crippen LogP contribution is -2.24. The van der Waals surface area contributed by atoms with E-state index in [1.165, 1.54) is 5.52 Å². The van der Waals surface area contributed by atoms with E-state index >= 15 is 0 Å². The first kappa shape index (κ1) is 17.0. The van der Waals surface area contributed by atoms with E-state index in [0.717, 1.165) is 24.2 Å². The molecule has 0 aliphatic rings. The molecule has 0 spiro atoms. The van der Waals surface area contributed by atoms with Crippen molar-refractivity contribution in [2.75, 3.05) is 12.0 Å². The number of nitrogens with two attached hydrogens (primary N) is 1. The molecule has 8 heteroatoms. The zero-order chi connectivity index (χ0) is 17.0. The molecule has 3 rings (SSSR count). The van der Waals surface area contributed by atoms with Crippen molar-refractivity contribution < 1.29 is 17.5 Å². The summed E-state index contributed by atoms with van der Waals surface area (Å²) in [4.78, 5) is 0. The lowest BCUT2D eigenvalue weighted by molar-refractivity contribution is -0.671. The summed E-state index contributed by atoms with van der Waals surface area (Å²) in [7, 11) is -1.89. The molecule has 1 aromatic carbocycles. The molecule has 0 saturated carbocycles. The van der Waals surface area contributed by atoms with Crippen molar-refractivity contribution in [2.24, 2.45) is 7.05 Å². The van der Waals surface area contributed by atoms with E-state index in [4.69, 9.17) is 18.7 Å². The smallest absolute Gasteiger partial charge is 0.243 e. The molecular weight excluding hydrogens is 316 g/mol. The van der Waals surface area contributed by atoms with E-state index in [0.29, 0.717) is 6.26 Å². The first-order chi connectivity index (χ1) is 10.7. The van der Waals surface area contributed by atoms with Crippen LogP contribution in [-0.2, 0) is 30.3 Å². The monoisotopic (exact) mass is 336 g/mol. The number of hydrogen-bond acceptors (Lipinski definition) is 4. The SMILES string of the molecule is CS(=O)(=O)[O-].C[n+]1ccn(CCn2ccc3c(N)cccc32)c1. The summed E-state index contributed by atoms with van der Waals surface area (Å²) in [5.41, 5.74) is 8.00. The van der Waals surface area contributed by atoms with Gasteiger partial charge in [-0.25, -0.2) is 17.6 Å². The maximum absolute atomic E-state index is 9.08. The van der Waals surface area contributed by atoms with Gasteiger partial charge in [-0.2, -0.15) is 0 Å². The van der Waals surface area contributed by atoms with Crippen LogP contribution in [0.4, 0.5) is 5.69 Å². The van der Waals surface area contributed by atoms with Crippen LogP contribution in [0.15, 0.2) is 49.2 Å². The Morgan fingerprint density at radius 2 is 1.91 bits per heavy atom. The molecule has 2 N–H and O–H groups in total. The van der Waals surface area contributed by atoms with Crippen LogP contribution in [0.25, 0.3) is 10.9 Å². The predicted octanol–water partition coefficient (Wildman–Crippen LogP) is 0.711. The van der Waals surface area contributed by atoms with Gasteiger partial charge >= 0.3 is 0 Å². The molecule has 0 aliphatic carbocycles. The summed E-state index contributed by atoms with van der Waals surface area (Å²) in [6.07, 6.45) is 8.92. The highest BCUT2D eigenvalue weighted by Crippen LogP contribution is 2.21. The highest BCUT2D eigenvalue weighted by atomic mass is 32.2. The molecule has 0 bridgehead atoms. The average molecular weight is 336 g/mol. The normalized spacial score (nSPS) is 11.3. The fourth-order valence-electron chi connectivity index (χ4n) is 2.30. The number of hydrogen-bond donors (Lipinski definition) is 1. The third kappa shape index (κ3) is 5.11. The standard InChI is InChI=1S/C14H17N4.CH4O3S/c1-16-7-8-17(11-16)9-10-18-6-5-12-13(15)3-2-4-14(12)18;1-5(2,3)4/h2-8,11H,9-10,15H2,1H3;1H3,(H,2,3,4)/q+1;/p-1. The number of nitrogens with zero attached hydrogens (tertiary/aromatic N) is 3. The van der Waals surface area contributed by atoms with Crippen LogP contribution in [0.3, 0.4) is 0 Å². The molecule has 0 unspecified atom stereocenters. The Bertz CT molecular complexity index is 888. The van der Waals surface area contributed by atoms with Gasteiger partial charge < -0.3 is 14.9 Å². The Hall–Kier alpha value is -2.32. The first-order valence-corrected chi connectivity index (χ1v) is 8.81. The minimum atomic E-state index is -3.92. The molecule has 3 aromatic rings. The van der Waals surface area contributed by atoms with Gasteiger partial charge in [-0.05, 0) is 18.2 Å². The second-order valence-electron chi connectivity index (χ2n) is 5.31. The topological polar surface area (TPSA) is 97.0 Å². The fraction of sp³-hybridized carbons (Fsp3) is 0.267. The molecule has 0 atom stereocenters. The van der Waals surface area contributed by atoms with Crippen LogP contribution in [0.5, 0.6) is 0 Å². The van der Waals surface area contributed by atoms with Crippen molar-refractivity contribution in [3.05, 3.63) is 49.2 Å². The van der Waals surface area contributed by atoms with Gasteiger partial charge in [-0.3, -0.25) is 0 Å². The van der Waals surface area contributed by atoms with Crippen molar-refractivity contribution in [2.45, 2.75) is 13.1 Å². The summed E-state index contributed by atoms with van der Waals surface area (Å²) in [6.45, 7) is 1.90. The number of fused-ring (bicyclic) bond motifs is 1. The van der Waals surface area contributed by atoms with E-state index in [2.05, 4.69) is 40.0 Å². The number of imidazole rings is 1. The van der Waals surface area contributed by atoms with Gasteiger partial charge in [0.15, 0.2) is 0 Å². The molecule has 0 fully saturated rings. The van der Waals surface area contributed by atoms with Crippen molar-refractivity contribution >= 4 is 26.7 Å². The van der Waals surface area contributed by atoms with Gasteiger partial charge in [0.05, 0.1) is 29.2 Å². The number of rotatable bonds is 3. The predicted molar refractivity (Wildman–Crippen MR) is 87.6 cm³/mol. The summed E-state index contributed by atoms with van der Waals surface area (Å²) in [6, 6.07) is 8.14. The van der Waals surface area contributed by atoms with E-state index in [1.54, 1.807) is 0 Å². The lowest BCUT2D eigenvalue weighted by atomic mass is 10.2. The minimum absolute atomic E-state index is 0.604. The summed E-state index contributed by atoms with van der Waals surface area (Å²) in [5.74, 6) is 0. The molecule has 23 heavy (non-hydrogen) atoms. The number of benzene rings is 1. The first-order valence-electron chi connectivity index (χ1n) is 6.99. The van der Waals surface area contributed by atoms with Crippen LogP contribution in [0, 0.1) is 0 Å². The minimum Gasteiger partial charge on any atom is -0.748 e. The molecule has 2 heterocycles. The molecule has 0 saturated heterocycles. The Kier molecular flexibility index (Phi) is 5.07. The van der Waals surface area contributed by atoms with Gasteiger partial charge in [0.25, 0.3) is 0 Å². The molecule has 0 aliphatic heterocycles. The summed E-state index contributed by atoms with van der Waals surface area (Å²) >= 11 is 0. The highest BCUT2D eigenvalue weighted by molar-refractivity contribution is 7.84. The van der Waals surface area contributed by atoms with E-state index in [9.17, 15) is 0 Å². The zero-order valence-electron chi connectivity index (χ0n) is 13.1. The van der Waals surface area contributed by atoms with Crippen molar-refractivity contribution in [1.82, 2.24) is 9.13 Å². The van der Waals surface area contributed by atoms with E-state index in [-0.39, 0.29) is 0 Å². The molecular formula is C15H20N4O3S. The van der Waals surface area contributed by atoms with Crippen molar-refractivity contribution in [3.63, 3.8) is 0 Å². The Morgan fingerprint density at radius 3 is 2.52 bits per heavy atom. The lowest BCUT2D eigenvalue weighted by Gasteiger charge is -2.04. The Morgan fingerprint density at radius 1 is 1.22 bits per heavy atom. The van der Waals surface area contributed by atoms with Gasteiger partial charge in [0.1, 0.15) is 18.9 Å². The van der Waals surface area contributed by atoms with Gasteiger partial charge in [-0.1, -0.05) is 6.07 Å². The third-order valence-electron chi connectivity index (χ3n) is 3.27. The van der Waals surface area contributed by atoms with Crippen LogP contribution in [-0.4, -0.2) is 28.4 Å². The Balaban J connectivity index is 0.000000338. The number of aryl methyl sites for hydroxylation is 3. The summed E-state index contributed by atoms with van der Waals surface area (Å²) in [5, 5.41) is 1.13. The number of anilines is 1. The molecule has 0 radical (unpaired) electrons. The molecule has 7 nitrogen and oxygen atoms in total. The molecule has 124 valence electrons.